The van der Waals surface area contributed by atoms with Gasteiger partial charge in [-0.25, -0.2) is 0 Å². The second kappa shape index (κ2) is 7.67. The van der Waals surface area contributed by atoms with E-state index in [9.17, 15) is 4.79 Å². The van der Waals surface area contributed by atoms with Crippen LogP contribution in [-0.2, 0) is 0 Å². The van der Waals surface area contributed by atoms with E-state index in [1.807, 2.05) is 19.9 Å². The van der Waals surface area contributed by atoms with Gasteiger partial charge in [-0.1, -0.05) is 29.8 Å². The molecule has 0 aliphatic heterocycles. The highest BCUT2D eigenvalue weighted by Crippen LogP contribution is 2.25. The van der Waals surface area contributed by atoms with E-state index in [0.29, 0.717) is 17.1 Å². The Morgan fingerprint density at radius 1 is 1.00 bits per heavy atom. The fraction of sp³-hybridized carbons (Fsp3) is 0.143. The van der Waals surface area contributed by atoms with Gasteiger partial charge in [-0.05, 0) is 56.2 Å². The molecule has 0 radical (unpaired) electrons. The predicted octanol–water partition coefficient (Wildman–Crippen LogP) is 4.27. The molecule has 2 N–H and O–H groups in total. The molecule has 27 heavy (non-hydrogen) atoms. The molecular formula is C21H19N5O. The quantitative estimate of drug-likeness (QED) is 0.728. The van der Waals surface area contributed by atoms with Crippen molar-refractivity contribution in [3.05, 3.63) is 76.5 Å². The lowest BCUT2D eigenvalue weighted by Crippen LogP contribution is -2.15. The molecule has 1 aromatic heterocycles. The first-order chi connectivity index (χ1) is 13.0. The van der Waals surface area contributed by atoms with Crippen LogP contribution in [0.2, 0.25) is 0 Å². The minimum absolute atomic E-state index is 0.172. The Balaban J connectivity index is 1.76. The average Bonchev–Trinajstić information content (AvgIpc) is 2.65. The second-order valence-corrected chi connectivity index (χ2v) is 6.31. The summed E-state index contributed by atoms with van der Waals surface area (Å²) in [6, 6.07) is 16.3. The van der Waals surface area contributed by atoms with Crippen LogP contribution in [0.1, 0.15) is 32.7 Å². The first-order valence-electron chi connectivity index (χ1n) is 8.47. The number of anilines is 3. The maximum atomic E-state index is 12.4. The number of nitrogens with one attached hydrogen (secondary N) is 2. The minimum atomic E-state index is -0.417. The van der Waals surface area contributed by atoms with E-state index in [1.54, 1.807) is 36.4 Å². The van der Waals surface area contributed by atoms with Gasteiger partial charge in [0.1, 0.15) is 6.07 Å². The molecule has 2 aromatic carbocycles. The van der Waals surface area contributed by atoms with E-state index in [1.165, 1.54) is 5.56 Å². The van der Waals surface area contributed by atoms with Crippen molar-refractivity contribution in [1.29, 1.82) is 5.26 Å². The summed E-state index contributed by atoms with van der Waals surface area (Å²) in [6.07, 6.45) is 0. The number of hydrogen-bond acceptors (Lipinski definition) is 5. The molecule has 0 atom stereocenters. The zero-order valence-electron chi connectivity index (χ0n) is 15.4. The van der Waals surface area contributed by atoms with Gasteiger partial charge in [-0.3, -0.25) is 4.79 Å². The Bertz CT molecular complexity index is 1010. The number of nitriles is 1. The van der Waals surface area contributed by atoms with E-state index >= 15 is 0 Å². The number of amides is 1. The third-order valence-corrected chi connectivity index (χ3v) is 4.12. The van der Waals surface area contributed by atoms with Crippen LogP contribution < -0.4 is 10.6 Å². The van der Waals surface area contributed by atoms with Crippen LogP contribution in [0.4, 0.5) is 17.2 Å². The number of hydrogen-bond donors (Lipinski definition) is 2. The summed E-state index contributed by atoms with van der Waals surface area (Å²) < 4.78 is 0. The largest absolute Gasteiger partial charge is 0.338 e. The predicted molar refractivity (Wildman–Crippen MR) is 105 cm³/mol. The summed E-state index contributed by atoms with van der Waals surface area (Å²) in [5.74, 6) is 0.137. The molecule has 1 heterocycles. The smallest absolute Gasteiger partial charge is 0.276 e. The zero-order valence-corrected chi connectivity index (χ0v) is 15.4. The first-order valence-corrected chi connectivity index (χ1v) is 8.47. The van der Waals surface area contributed by atoms with Gasteiger partial charge in [-0.15, -0.1) is 10.2 Å². The van der Waals surface area contributed by atoms with Gasteiger partial charge in [0.25, 0.3) is 5.91 Å². The Hall–Kier alpha value is -3.72. The van der Waals surface area contributed by atoms with Gasteiger partial charge >= 0.3 is 0 Å². The first kappa shape index (κ1) is 18.1. The fourth-order valence-electron chi connectivity index (χ4n) is 2.90. The van der Waals surface area contributed by atoms with Crippen LogP contribution in [0.5, 0.6) is 0 Å². The van der Waals surface area contributed by atoms with Crippen LogP contribution in [0.15, 0.2) is 48.5 Å². The standard InChI is InChI=1S/C21H19N5O/c1-13-10-14(2)20(15(3)11-13)24-19-9-8-18(25-26-19)21(27)23-17-7-5-4-6-16(17)12-22/h4-11H,1-3H3,(H,23,27)(H,24,26). The molecule has 0 spiro atoms. The zero-order chi connectivity index (χ0) is 19.4. The Morgan fingerprint density at radius 3 is 2.33 bits per heavy atom. The van der Waals surface area contributed by atoms with E-state index in [2.05, 4.69) is 39.9 Å². The van der Waals surface area contributed by atoms with Crippen molar-refractivity contribution in [2.24, 2.45) is 0 Å². The van der Waals surface area contributed by atoms with Crippen molar-refractivity contribution in [3.63, 3.8) is 0 Å². The lowest BCUT2D eigenvalue weighted by Gasteiger charge is -2.13. The van der Waals surface area contributed by atoms with Crippen LogP contribution in [0, 0.1) is 32.1 Å². The maximum Gasteiger partial charge on any atom is 0.276 e. The lowest BCUT2D eigenvalue weighted by molar-refractivity contribution is 0.102. The van der Waals surface area contributed by atoms with Gasteiger partial charge < -0.3 is 10.6 Å². The summed E-state index contributed by atoms with van der Waals surface area (Å²) >= 11 is 0. The Morgan fingerprint density at radius 2 is 1.70 bits per heavy atom. The number of para-hydroxylation sites is 1. The van der Waals surface area contributed by atoms with E-state index in [4.69, 9.17) is 5.26 Å². The highest BCUT2D eigenvalue weighted by atomic mass is 16.1. The van der Waals surface area contributed by atoms with Gasteiger partial charge in [0.2, 0.25) is 0 Å². The molecule has 0 unspecified atom stereocenters. The molecule has 3 aromatic rings. The van der Waals surface area contributed by atoms with E-state index < -0.39 is 5.91 Å². The molecule has 6 nitrogen and oxygen atoms in total. The van der Waals surface area contributed by atoms with Gasteiger partial charge in [0.05, 0.1) is 11.3 Å². The number of carbonyl (C=O) groups is 1. The third kappa shape index (κ3) is 4.10. The molecule has 0 saturated carbocycles. The molecule has 0 saturated heterocycles. The highest BCUT2D eigenvalue weighted by molar-refractivity contribution is 6.03. The third-order valence-electron chi connectivity index (χ3n) is 4.12. The molecule has 1 amide bonds. The number of rotatable bonds is 4. The van der Waals surface area contributed by atoms with Crippen molar-refractivity contribution in [2.45, 2.75) is 20.8 Å². The van der Waals surface area contributed by atoms with Gasteiger partial charge in [0.15, 0.2) is 11.5 Å². The van der Waals surface area contributed by atoms with Crippen molar-refractivity contribution in [1.82, 2.24) is 10.2 Å². The topological polar surface area (TPSA) is 90.7 Å². The minimum Gasteiger partial charge on any atom is -0.338 e. The summed E-state index contributed by atoms with van der Waals surface area (Å²) in [4.78, 5) is 12.4. The second-order valence-electron chi connectivity index (χ2n) is 6.31. The van der Waals surface area contributed by atoms with Crippen molar-refractivity contribution in [3.8, 4) is 6.07 Å². The summed E-state index contributed by atoms with van der Waals surface area (Å²) in [7, 11) is 0. The number of aryl methyl sites for hydroxylation is 3. The van der Waals surface area contributed by atoms with Crippen LogP contribution in [-0.4, -0.2) is 16.1 Å². The highest BCUT2D eigenvalue weighted by Gasteiger charge is 2.12. The number of carbonyl (C=O) groups excluding carboxylic acids is 1. The molecule has 0 aliphatic carbocycles. The summed E-state index contributed by atoms with van der Waals surface area (Å²) in [5, 5.41) is 23.1. The number of nitrogens with zero attached hydrogens (tertiary/aromatic N) is 3. The molecule has 134 valence electrons. The maximum absolute atomic E-state index is 12.4. The molecular weight excluding hydrogens is 338 g/mol. The van der Waals surface area contributed by atoms with Crippen molar-refractivity contribution in [2.75, 3.05) is 10.6 Å². The lowest BCUT2D eigenvalue weighted by atomic mass is 10.1. The van der Waals surface area contributed by atoms with E-state index in [0.717, 1.165) is 16.8 Å². The Labute approximate surface area is 157 Å². The average molecular weight is 357 g/mol. The van der Waals surface area contributed by atoms with Crippen LogP contribution >= 0.6 is 0 Å². The molecule has 0 aliphatic rings. The van der Waals surface area contributed by atoms with Crippen molar-refractivity contribution >= 4 is 23.1 Å². The van der Waals surface area contributed by atoms with Crippen LogP contribution in [0.3, 0.4) is 0 Å². The van der Waals surface area contributed by atoms with Gasteiger partial charge in [0, 0.05) is 5.69 Å². The number of benzene rings is 2. The molecule has 0 bridgehead atoms. The summed E-state index contributed by atoms with van der Waals surface area (Å²) in [5.41, 5.74) is 5.42. The van der Waals surface area contributed by atoms with Crippen molar-refractivity contribution < 1.29 is 4.79 Å². The number of aromatic nitrogens is 2. The molecule has 6 heteroatoms. The summed E-state index contributed by atoms with van der Waals surface area (Å²) in [6.45, 7) is 6.12. The fourth-order valence-corrected chi connectivity index (χ4v) is 2.90. The SMILES string of the molecule is Cc1cc(C)c(Nc2ccc(C(=O)Nc3ccccc3C#N)nn2)c(C)c1. The molecule has 3 rings (SSSR count). The molecule has 0 fully saturated rings. The Kier molecular flexibility index (Phi) is 5.13. The van der Waals surface area contributed by atoms with Crippen LogP contribution in [0.25, 0.3) is 0 Å². The monoisotopic (exact) mass is 357 g/mol. The normalized spacial score (nSPS) is 10.1. The van der Waals surface area contributed by atoms with E-state index in [-0.39, 0.29) is 5.69 Å². The van der Waals surface area contributed by atoms with Gasteiger partial charge in [-0.2, -0.15) is 5.26 Å².